The molecule has 0 aromatic rings. The topological polar surface area (TPSA) is 43.4 Å². The van der Waals surface area contributed by atoms with Crippen molar-refractivity contribution in [3.63, 3.8) is 0 Å². The lowest BCUT2D eigenvalue weighted by atomic mass is 9.87. The molecule has 0 radical (unpaired) electrons. The Labute approximate surface area is 72.1 Å². The van der Waals surface area contributed by atoms with E-state index in [1.54, 1.807) is 6.92 Å². The molecule has 0 N–H and O–H groups in total. The molecule has 1 heterocycles. The Bertz CT molecular complexity index is 210. The van der Waals surface area contributed by atoms with Crippen molar-refractivity contribution in [3.05, 3.63) is 0 Å². The van der Waals surface area contributed by atoms with Gasteiger partial charge in [0.05, 0.1) is 5.92 Å². The van der Waals surface area contributed by atoms with Gasteiger partial charge in [-0.2, -0.15) is 0 Å². The van der Waals surface area contributed by atoms with Gasteiger partial charge in [0, 0.05) is 0 Å². The van der Waals surface area contributed by atoms with Crippen LogP contribution in [0.25, 0.3) is 0 Å². The van der Waals surface area contributed by atoms with Crippen LogP contribution in [0.2, 0.25) is 0 Å². The predicted molar refractivity (Wildman–Crippen MR) is 43.5 cm³/mol. The molecule has 1 fully saturated rings. The van der Waals surface area contributed by atoms with E-state index in [-0.39, 0.29) is 23.8 Å². The van der Waals surface area contributed by atoms with Crippen LogP contribution in [0.15, 0.2) is 0 Å². The third-order valence-corrected chi connectivity index (χ3v) is 2.46. The number of hydrogen-bond donors (Lipinski definition) is 0. The number of ether oxygens (including phenoxy) is 1. The maximum Gasteiger partial charge on any atom is 0.316 e. The molecule has 68 valence electrons. The number of esters is 1. The van der Waals surface area contributed by atoms with Gasteiger partial charge < -0.3 is 4.74 Å². The van der Waals surface area contributed by atoms with Crippen molar-refractivity contribution in [2.75, 3.05) is 0 Å². The second-order valence-electron chi connectivity index (χ2n) is 3.30. The summed E-state index contributed by atoms with van der Waals surface area (Å²) in [5.74, 6) is -1.06. The maximum absolute atomic E-state index is 11.4. The molecule has 0 aromatic carbocycles. The van der Waals surface area contributed by atoms with Crippen LogP contribution in [-0.4, -0.2) is 17.9 Å². The largest absolute Gasteiger partial charge is 0.461 e. The summed E-state index contributed by atoms with van der Waals surface area (Å²) in [5.41, 5.74) is 0. The van der Waals surface area contributed by atoms with Crippen LogP contribution < -0.4 is 0 Å². The standard InChI is InChI=1S/C9H14O3/c1-4-7-5(2)8(10)6(3)9(11)12-7/h5-7H,4H2,1-3H3/t5-,6?,7+/m0/s1. The maximum atomic E-state index is 11.4. The van der Waals surface area contributed by atoms with Crippen LogP contribution in [0.5, 0.6) is 0 Å². The van der Waals surface area contributed by atoms with E-state index in [4.69, 9.17) is 4.74 Å². The summed E-state index contributed by atoms with van der Waals surface area (Å²) in [6, 6.07) is 0. The Kier molecular flexibility index (Phi) is 2.50. The highest BCUT2D eigenvalue weighted by Gasteiger charge is 2.38. The van der Waals surface area contributed by atoms with E-state index < -0.39 is 5.92 Å². The fourth-order valence-corrected chi connectivity index (χ4v) is 1.48. The normalized spacial score (nSPS) is 36.4. The van der Waals surface area contributed by atoms with Crippen molar-refractivity contribution < 1.29 is 14.3 Å². The van der Waals surface area contributed by atoms with Gasteiger partial charge in [-0.05, 0) is 13.3 Å². The molecular formula is C9H14O3. The first-order valence-electron chi connectivity index (χ1n) is 4.32. The smallest absolute Gasteiger partial charge is 0.316 e. The Hall–Kier alpha value is -0.860. The Balaban J connectivity index is 2.77. The first-order chi connectivity index (χ1) is 5.57. The molecule has 0 spiro atoms. The quantitative estimate of drug-likeness (QED) is 0.438. The fraction of sp³-hybridized carbons (Fsp3) is 0.778. The van der Waals surface area contributed by atoms with Gasteiger partial charge >= 0.3 is 5.97 Å². The molecule has 1 aliphatic rings. The van der Waals surface area contributed by atoms with Crippen molar-refractivity contribution in [1.82, 2.24) is 0 Å². The summed E-state index contributed by atoms with van der Waals surface area (Å²) < 4.78 is 5.07. The number of Topliss-reactive ketones (excluding diaryl/α,β-unsaturated/α-hetero) is 1. The minimum atomic E-state index is -0.567. The van der Waals surface area contributed by atoms with Gasteiger partial charge in [-0.3, -0.25) is 9.59 Å². The van der Waals surface area contributed by atoms with E-state index in [0.29, 0.717) is 6.42 Å². The molecule has 0 aliphatic carbocycles. The van der Waals surface area contributed by atoms with Crippen LogP contribution in [0.3, 0.4) is 0 Å². The number of ketones is 1. The summed E-state index contributed by atoms with van der Waals surface area (Å²) in [7, 11) is 0. The number of hydrogen-bond acceptors (Lipinski definition) is 3. The van der Waals surface area contributed by atoms with Crippen LogP contribution in [0, 0.1) is 11.8 Å². The van der Waals surface area contributed by atoms with Gasteiger partial charge in [-0.15, -0.1) is 0 Å². The van der Waals surface area contributed by atoms with Crippen molar-refractivity contribution in [2.45, 2.75) is 33.3 Å². The minimum absolute atomic E-state index is 0.0121. The third-order valence-electron chi connectivity index (χ3n) is 2.46. The second-order valence-corrected chi connectivity index (χ2v) is 3.30. The average molecular weight is 170 g/mol. The summed E-state index contributed by atoms with van der Waals surface area (Å²) in [5, 5.41) is 0. The molecule has 0 bridgehead atoms. The minimum Gasteiger partial charge on any atom is -0.461 e. The summed E-state index contributed by atoms with van der Waals surface area (Å²) in [6.07, 6.45) is 0.506. The number of carbonyl (C=O) groups is 2. The Morgan fingerprint density at radius 2 is 1.92 bits per heavy atom. The average Bonchev–Trinajstić information content (AvgIpc) is 2.08. The molecule has 1 aliphatic heterocycles. The van der Waals surface area contributed by atoms with Crippen LogP contribution in [0.4, 0.5) is 0 Å². The molecule has 3 heteroatoms. The zero-order chi connectivity index (χ0) is 9.30. The van der Waals surface area contributed by atoms with Crippen LogP contribution in [-0.2, 0) is 14.3 Å². The fourth-order valence-electron chi connectivity index (χ4n) is 1.48. The molecule has 1 saturated heterocycles. The van der Waals surface area contributed by atoms with Crippen molar-refractivity contribution >= 4 is 11.8 Å². The SMILES string of the molecule is CC[C@H]1OC(=O)C(C)C(=O)[C@H]1C. The molecule has 1 rings (SSSR count). The lowest BCUT2D eigenvalue weighted by Crippen LogP contribution is -2.43. The van der Waals surface area contributed by atoms with E-state index >= 15 is 0 Å². The highest BCUT2D eigenvalue weighted by Crippen LogP contribution is 2.23. The highest BCUT2D eigenvalue weighted by molar-refractivity contribution is 6.01. The van der Waals surface area contributed by atoms with Crippen molar-refractivity contribution in [3.8, 4) is 0 Å². The molecule has 1 unspecified atom stereocenters. The van der Waals surface area contributed by atoms with Crippen LogP contribution in [0.1, 0.15) is 27.2 Å². The van der Waals surface area contributed by atoms with E-state index in [1.165, 1.54) is 0 Å². The lowest BCUT2D eigenvalue weighted by molar-refractivity contribution is -0.169. The molecule has 3 nitrogen and oxygen atoms in total. The number of carbonyl (C=O) groups excluding carboxylic acids is 2. The first kappa shape index (κ1) is 9.23. The Morgan fingerprint density at radius 1 is 1.33 bits per heavy atom. The van der Waals surface area contributed by atoms with E-state index in [1.807, 2.05) is 13.8 Å². The van der Waals surface area contributed by atoms with Gasteiger partial charge in [0.2, 0.25) is 0 Å². The summed E-state index contributed by atoms with van der Waals surface area (Å²) in [6.45, 7) is 5.34. The first-order valence-corrected chi connectivity index (χ1v) is 4.32. The third kappa shape index (κ3) is 1.36. The molecule has 0 aromatic heterocycles. The Morgan fingerprint density at radius 3 is 2.42 bits per heavy atom. The predicted octanol–water partition coefficient (Wildman–Crippen LogP) is 1.16. The zero-order valence-electron chi connectivity index (χ0n) is 7.66. The lowest BCUT2D eigenvalue weighted by Gasteiger charge is -2.29. The summed E-state index contributed by atoms with van der Waals surface area (Å²) in [4.78, 5) is 22.5. The molecule has 0 amide bonds. The number of cyclic esters (lactones) is 1. The van der Waals surface area contributed by atoms with E-state index in [9.17, 15) is 9.59 Å². The highest BCUT2D eigenvalue weighted by atomic mass is 16.5. The van der Waals surface area contributed by atoms with Gasteiger partial charge in [0.25, 0.3) is 0 Å². The molecular weight excluding hydrogens is 156 g/mol. The van der Waals surface area contributed by atoms with Gasteiger partial charge in [-0.25, -0.2) is 0 Å². The van der Waals surface area contributed by atoms with E-state index in [0.717, 1.165) is 0 Å². The molecule has 0 saturated carbocycles. The van der Waals surface area contributed by atoms with Gasteiger partial charge in [-0.1, -0.05) is 13.8 Å². The van der Waals surface area contributed by atoms with Crippen molar-refractivity contribution in [2.24, 2.45) is 11.8 Å². The monoisotopic (exact) mass is 170 g/mol. The number of rotatable bonds is 1. The zero-order valence-corrected chi connectivity index (χ0v) is 7.66. The summed E-state index contributed by atoms with van der Waals surface area (Å²) >= 11 is 0. The van der Waals surface area contributed by atoms with Gasteiger partial charge in [0.15, 0.2) is 5.78 Å². The van der Waals surface area contributed by atoms with Crippen LogP contribution >= 0.6 is 0 Å². The van der Waals surface area contributed by atoms with E-state index in [2.05, 4.69) is 0 Å². The van der Waals surface area contributed by atoms with Gasteiger partial charge in [0.1, 0.15) is 12.0 Å². The second kappa shape index (κ2) is 3.25. The van der Waals surface area contributed by atoms with Crippen molar-refractivity contribution in [1.29, 1.82) is 0 Å². The molecule has 12 heavy (non-hydrogen) atoms. The molecule has 3 atom stereocenters.